The van der Waals surface area contributed by atoms with E-state index in [0.29, 0.717) is 0 Å². The third-order valence-corrected chi connectivity index (χ3v) is 12.6. The van der Waals surface area contributed by atoms with Crippen molar-refractivity contribution in [1.82, 2.24) is 0 Å². The van der Waals surface area contributed by atoms with Gasteiger partial charge in [0.25, 0.3) is 0 Å². The number of hydrogen-bond donors (Lipinski definition) is 0. The van der Waals surface area contributed by atoms with Crippen LogP contribution in [0.3, 0.4) is 0 Å². The Morgan fingerprint density at radius 1 is 0.357 bits per heavy atom. The number of nitrogens with zero attached hydrogens (tertiary/aromatic N) is 2. The van der Waals surface area contributed by atoms with E-state index >= 15 is 0 Å². The molecule has 0 saturated heterocycles. The predicted octanol–water partition coefficient (Wildman–Crippen LogP) is 14.7. The molecule has 0 saturated carbocycles. The highest BCUT2D eigenvalue weighted by Gasteiger charge is 2.37. The first-order valence-electron chi connectivity index (χ1n) is 20.0. The van der Waals surface area contributed by atoms with E-state index in [9.17, 15) is 0 Å². The molecule has 3 aliphatic rings. The van der Waals surface area contributed by atoms with E-state index < -0.39 is 0 Å². The molecule has 3 aliphatic carbocycles. The zero-order valence-electron chi connectivity index (χ0n) is 32.6. The van der Waals surface area contributed by atoms with Gasteiger partial charge < -0.3 is 9.80 Å². The fourth-order valence-corrected chi connectivity index (χ4v) is 9.62. The molecule has 7 aromatic rings. The van der Waals surface area contributed by atoms with Crippen molar-refractivity contribution in [2.75, 3.05) is 9.80 Å². The van der Waals surface area contributed by atoms with E-state index in [2.05, 4.69) is 220 Å². The zero-order valence-corrected chi connectivity index (χ0v) is 32.6. The number of benzene rings is 7. The van der Waals surface area contributed by atoms with E-state index in [4.69, 9.17) is 0 Å². The molecule has 0 unspecified atom stereocenters. The van der Waals surface area contributed by atoms with Crippen LogP contribution in [0, 0.1) is 0 Å². The molecular weight excluding hydrogens is 677 g/mol. The van der Waals surface area contributed by atoms with Gasteiger partial charge in [-0.25, -0.2) is 0 Å². The van der Waals surface area contributed by atoms with Crippen LogP contribution in [0.2, 0.25) is 0 Å². The van der Waals surface area contributed by atoms with E-state index in [0.717, 1.165) is 24.2 Å². The summed E-state index contributed by atoms with van der Waals surface area (Å²) in [5.74, 6) is 0. The van der Waals surface area contributed by atoms with Crippen molar-refractivity contribution < 1.29 is 0 Å². The van der Waals surface area contributed by atoms with Gasteiger partial charge in [-0.1, -0.05) is 143 Å². The second kappa shape index (κ2) is 13.1. The highest BCUT2D eigenvalue weighted by molar-refractivity contribution is 5.87. The molecule has 10 rings (SSSR count). The number of allylic oxidation sites excluding steroid dienone is 4. The molecule has 0 aliphatic heterocycles. The fourth-order valence-electron chi connectivity index (χ4n) is 9.62. The fraction of sp³-hybridized carbons (Fsp3) is 0.148. The van der Waals surface area contributed by atoms with Crippen molar-refractivity contribution in [3.63, 3.8) is 0 Å². The Hall–Kier alpha value is -6.38. The Morgan fingerprint density at radius 3 is 1.30 bits per heavy atom. The van der Waals surface area contributed by atoms with Crippen molar-refractivity contribution in [3.05, 3.63) is 216 Å². The minimum Gasteiger partial charge on any atom is -0.314 e. The molecule has 56 heavy (non-hydrogen) atoms. The molecule has 7 aromatic carbocycles. The second-order valence-corrected chi connectivity index (χ2v) is 16.5. The molecule has 2 heteroatoms. The lowest BCUT2D eigenvalue weighted by atomic mass is 9.82. The third-order valence-electron chi connectivity index (χ3n) is 12.6. The predicted molar refractivity (Wildman–Crippen MR) is 237 cm³/mol. The quantitative estimate of drug-likeness (QED) is 0.162. The summed E-state index contributed by atoms with van der Waals surface area (Å²) in [7, 11) is 0. The van der Waals surface area contributed by atoms with E-state index in [1.165, 1.54) is 78.4 Å². The molecule has 0 spiro atoms. The summed E-state index contributed by atoms with van der Waals surface area (Å²) in [6.07, 6.45) is 6.60. The average Bonchev–Trinajstić information content (AvgIpc) is 3.61. The molecule has 0 heterocycles. The Balaban J connectivity index is 0.978. The van der Waals surface area contributed by atoms with Gasteiger partial charge in [0, 0.05) is 45.0 Å². The summed E-state index contributed by atoms with van der Waals surface area (Å²) < 4.78 is 0. The van der Waals surface area contributed by atoms with Gasteiger partial charge in [0.15, 0.2) is 0 Å². The van der Waals surface area contributed by atoms with Gasteiger partial charge in [-0.3, -0.25) is 0 Å². The summed E-state index contributed by atoms with van der Waals surface area (Å²) >= 11 is 0. The maximum Gasteiger partial charge on any atom is 0.0465 e. The summed E-state index contributed by atoms with van der Waals surface area (Å²) in [5, 5.41) is 0. The van der Waals surface area contributed by atoms with Gasteiger partial charge >= 0.3 is 0 Å². The Kier molecular flexibility index (Phi) is 8.01. The largest absolute Gasteiger partial charge is 0.314 e. The molecule has 0 radical (unpaired) electrons. The maximum atomic E-state index is 2.46. The number of anilines is 5. The molecule has 0 amide bonds. The van der Waals surface area contributed by atoms with Crippen molar-refractivity contribution in [3.8, 4) is 22.3 Å². The summed E-state index contributed by atoms with van der Waals surface area (Å²) in [6, 6.07) is 62.6. The summed E-state index contributed by atoms with van der Waals surface area (Å²) in [6.45, 7) is 9.43. The Bertz CT molecular complexity index is 2680. The van der Waals surface area contributed by atoms with Crippen LogP contribution in [0.25, 0.3) is 27.8 Å². The van der Waals surface area contributed by atoms with Crippen molar-refractivity contribution in [2.45, 2.75) is 51.4 Å². The minimum atomic E-state index is -0.0624. The smallest absolute Gasteiger partial charge is 0.0465 e. The number of para-hydroxylation sites is 2. The lowest BCUT2D eigenvalue weighted by Crippen LogP contribution is -2.20. The first-order chi connectivity index (χ1) is 27.3. The first kappa shape index (κ1) is 34.1. The van der Waals surface area contributed by atoms with E-state index in [1.807, 2.05) is 0 Å². The summed E-state index contributed by atoms with van der Waals surface area (Å²) in [5.41, 5.74) is 20.7. The van der Waals surface area contributed by atoms with Gasteiger partial charge in [-0.15, -0.1) is 0 Å². The molecule has 0 bridgehead atoms. The second-order valence-electron chi connectivity index (χ2n) is 16.5. The van der Waals surface area contributed by atoms with Crippen LogP contribution in [0.5, 0.6) is 0 Å². The molecule has 0 atom stereocenters. The van der Waals surface area contributed by atoms with Gasteiger partial charge in [-0.05, 0) is 135 Å². The van der Waals surface area contributed by atoms with Crippen LogP contribution in [-0.2, 0) is 10.8 Å². The Morgan fingerprint density at radius 2 is 0.786 bits per heavy atom. The van der Waals surface area contributed by atoms with Gasteiger partial charge in [0.05, 0.1) is 0 Å². The third kappa shape index (κ3) is 5.46. The van der Waals surface area contributed by atoms with Crippen LogP contribution in [0.15, 0.2) is 188 Å². The topological polar surface area (TPSA) is 6.48 Å². The SMILES string of the molecule is CC1(C)c2ccccc2-c2ccc(N(C3=CC=C(c4ccc(N(c5ccccc5)c5ccc6c(c5)C(C)(C)c5ccccc5-6)cc4)CC3)c3ccccc3)cc21. The Labute approximate surface area is 331 Å². The average molecular weight is 723 g/mol. The van der Waals surface area contributed by atoms with Crippen LogP contribution in [0.1, 0.15) is 68.4 Å². The number of hydrogen-bond acceptors (Lipinski definition) is 2. The van der Waals surface area contributed by atoms with Crippen LogP contribution in [0.4, 0.5) is 28.4 Å². The molecule has 0 aromatic heterocycles. The molecular formula is C54H46N2. The minimum absolute atomic E-state index is 0.0520. The maximum absolute atomic E-state index is 2.46. The molecule has 0 N–H and O–H groups in total. The van der Waals surface area contributed by atoms with Gasteiger partial charge in [0.2, 0.25) is 0 Å². The molecule has 2 nitrogen and oxygen atoms in total. The summed E-state index contributed by atoms with van der Waals surface area (Å²) in [4.78, 5) is 4.86. The lowest BCUT2D eigenvalue weighted by molar-refractivity contribution is 0.660. The van der Waals surface area contributed by atoms with Crippen LogP contribution < -0.4 is 9.80 Å². The number of rotatable bonds is 7. The van der Waals surface area contributed by atoms with Crippen LogP contribution >= 0.6 is 0 Å². The highest BCUT2D eigenvalue weighted by Crippen LogP contribution is 2.52. The monoisotopic (exact) mass is 722 g/mol. The highest BCUT2D eigenvalue weighted by atomic mass is 15.2. The van der Waals surface area contributed by atoms with Gasteiger partial charge in [0.1, 0.15) is 0 Å². The van der Waals surface area contributed by atoms with Crippen LogP contribution in [-0.4, -0.2) is 0 Å². The van der Waals surface area contributed by atoms with Crippen molar-refractivity contribution in [1.29, 1.82) is 0 Å². The first-order valence-corrected chi connectivity index (χ1v) is 20.0. The number of fused-ring (bicyclic) bond motifs is 6. The normalized spacial score (nSPS) is 15.5. The zero-order chi connectivity index (χ0) is 38.0. The van der Waals surface area contributed by atoms with Crippen molar-refractivity contribution >= 4 is 34.0 Å². The van der Waals surface area contributed by atoms with E-state index in [-0.39, 0.29) is 10.8 Å². The molecule has 0 fully saturated rings. The van der Waals surface area contributed by atoms with Crippen molar-refractivity contribution in [2.24, 2.45) is 0 Å². The molecule has 272 valence electrons. The van der Waals surface area contributed by atoms with Gasteiger partial charge in [-0.2, -0.15) is 0 Å². The lowest BCUT2D eigenvalue weighted by Gasteiger charge is -2.31. The van der Waals surface area contributed by atoms with E-state index in [1.54, 1.807) is 0 Å². The standard InChI is InChI=1S/C54H46N2/c1-53(2)49-21-13-11-19-45(49)47-33-31-43(35-51(47)53)55(39-15-7-5-8-16-39)41-27-23-37(24-28-41)38-25-29-42(30-26-38)56(40-17-9-6-10-18-40)44-32-34-48-46-20-12-14-22-50(46)54(3,4)52(48)36-44/h5-25,27-29,31-36H,26,30H2,1-4H3.